The Hall–Kier alpha value is -2.67. The van der Waals surface area contributed by atoms with E-state index in [0.717, 1.165) is 16.8 Å². The quantitative estimate of drug-likeness (QED) is 0.455. The average Bonchev–Trinajstić information content (AvgIpc) is 2.49. The number of aryl methyl sites for hydroxylation is 2. The van der Waals surface area contributed by atoms with Crippen LogP contribution in [0.15, 0.2) is 42.5 Å². The Kier molecular flexibility index (Phi) is 4.90. The van der Waals surface area contributed by atoms with Crippen molar-refractivity contribution in [1.82, 2.24) is 5.43 Å². The molecule has 0 bridgehead atoms. The topological polar surface area (TPSA) is 79.2 Å². The molecule has 0 aliphatic rings. The lowest BCUT2D eigenvalue weighted by molar-refractivity contribution is -0.384. The van der Waals surface area contributed by atoms with Gasteiger partial charge >= 0.3 is 0 Å². The second kappa shape index (κ2) is 6.86. The largest absolute Gasteiger partial charge is 0.331 e. The van der Waals surface area contributed by atoms with Gasteiger partial charge in [0.15, 0.2) is 5.11 Å². The third kappa shape index (κ3) is 4.16. The molecule has 114 valence electrons. The Balaban J connectivity index is 1.97. The Morgan fingerprint density at radius 3 is 2.68 bits per heavy atom. The van der Waals surface area contributed by atoms with Gasteiger partial charge in [-0.25, -0.2) is 0 Å². The minimum Gasteiger partial charge on any atom is -0.331 e. The van der Waals surface area contributed by atoms with Crippen molar-refractivity contribution in [2.45, 2.75) is 13.8 Å². The van der Waals surface area contributed by atoms with Crippen LogP contribution in [0.5, 0.6) is 0 Å². The first-order chi connectivity index (χ1) is 10.5. The number of benzene rings is 2. The van der Waals surface area contributed by atoms with Crippen LogP contribution in [0.1, 0.15) is 11.1 Å². The predicted molar refractivity (Wildman–Crippen MR) is 92.0 cm³/mol. The molecular formula is C15H16N4O2S. The van der Waals surface area contributed by atoms with Gasteiger partial charge in [0.2, 0.25) is 0 Å². The van der Waals surface area contributed by atoms with Crippen LogP contribution < -0.4 is 16.2 Å². The molecule has 0 saturated carbocycles. The summed E-state index contributed by atoms with van der Waals surface area (Å²) in [7, 11) is 0. The number of nitro benzene ring substituents is 1. The Labute approximate surface area is 133 Å². The van der Waals surface area contributed by atoms with Crippen LogP contribution in [0.25, 0.3) is 0 Å². The van der Waals surface area contributed by atoms with Gasteiger partial charge in [0, 0.05) is 17.8 Å². The molecule has 7 heteroatoms. The number of thiocarbonyl (C=S) groups is 1. The molecule has 6 nitrogen and oxygen atoms in total. The number of rotatable bonds is 4. The van der Waals surface area contributed by atoms with Crippen molar-refractivity contribution in [2.24, 2.45) is 0 Å². The van der Waals surface area contributed by atoms with Crippen molar-refractivity contribution >= 4 is 34.4 Å². The molecule has 2 aromatic rings. The fraction of sp³-hybridized carbons (Fsp3) is 0.133. The Morgan fingerprint density at radius 2 is 1.95 bits per heavy atom. The molecule has 0 fully saturated rings. The molecule has 0 atom stereocenters. The van der Waals surface area contributed by atoms with E-state index in [9.17, 15) is 10.1 Å². The number of non-ortho nitro benzene ring substituents is 1. The van der Waals surface area contributed by atoms with E-state index < -0.39 is 4.92 Å². The molecule has 2 aromatic carbocycles. The van der Waals surface area contributed by atoms with E-state index in [1.807, 2.05) is 32.0 Å². The number of hydrogen-bond donors (Lipinski definition) is 3. The number of nitrogens with one attached hydrogen (secondary N) is 3. The minimum atomic E-state index is -0.447. The first kappa shape index (κ1) is 15.7. The van der Waals surface area contributed by atoms with Crippen LogP contribution in [0.2, 0.25) is 0 Å². The molecule has 0 radical (unpaired) electrons. The fourth-order valence-corrected chi connectivity index (χ4v) is 2.01. The highest BCUT2D eigenvalue weighted by Crippen LogP contribution is 2.17. The maximum Gasteiger partial charge on any atom is 0.271 e. The summed E-state index contributed by atoms with van der Waals surface area (Å²) in [6.07, 6.45) is 0. The maximum atomic E-state index is 10.7. The van der Waals surface area contributed by atoms with E-state index in [4.69, 9.17) is 12.2 Å². The zero-order chi connectivity index (χ0) is 16.1. The van der Waals surface area contributed by atoms with E-state index >= 15 is 0 Å². The normalized spacial score (nSPS) is 9.91. The summed E-state index contributed by atoms with van der Waals surface area (Å²) in [5, 5.41) is 14.2. The summed E-state index contributed by atoms with van der Waals surface area (Å²) >= 11 is 5.20. The average molecular weight is 316 g/mol. The third-order valence-corrected chi connectivity index (χ3v) is 3.22. The monoisotopic (exact) mass is 316 g/mol. The molecule has 0 spiro atoms. The number of anilines is 2. The Morgan fingerprint density at radius 1 is 1.18 bits per heavy atom. The molecule has 0 aromatic heterocycles. The molecular weight excluding hydrogens is 300 g/mol. The molecule has 0 amide bonds. The lowest BCUT2D eigenvalue weighted by Crippen LogP contribution is -2.33. The number of nitro groups is 1. The zero-order valence-corrected chi connectivity index (χ0v) is 13.0. The van der Waals surface area contributed by atoms with Gasteiger partial charge in [-0.2, -0.15) is 0 Å². The van der Waals surface area contributed by atoms with Crippen molar-refractivity contribution in [3.8, 4) is 0 Å². The fourth-order valence-electron chi connectivity index (χ4n) is 1.85. The van der Waals surface area contributed by atoms with E-state index in [2.05, 4.69) is 16.2 Å². The van der Waals surface area contributed by atoms with Crippen molar-refractivity contribution in [1.29, 1.82) is 0 Å². The Bertz CT molecular complexity index is 718. The van der Waals surface area contributed by atoms with Crippen molar-refractivity contribution in [3.63, 3.8) is 0 Å². The van der Waals surface area contributed by atoms with Crippen LogP contribution in [-0.4, -0.2) is 10.0 Å². The molecule has 0 unspecified atom stereocenters. The van der Waals surface area contributed by atoms with E-state index in [1.54, 1.807) is 12.1 Å². The standard InChI is InChI=1S/C15H16N4O2S/c1-10-6-7-11(2)14(8-10)16-15(22)18-17-12-4-3-5-13(9-12)19(20)21/h3-9,17H,1-2H3,(H2,16,18,22). The van der Waals surface area contributed by atoms with E-state index in [0.29, 0.717) is 10.8 Å². The second-order valence-electron chi connectivity index (χ2n) is 4.83. The molecule has 3 N–H and O–H groups in total. The lowest BCUT2D eigenvalue weighted by atomic mass is 10.1. The highest BCUT2D eigenvalue weighted by Gasteiger charge is 2.06. The molecule has 2 rings (SSSR count). The van der Waals surface area contributed by atoms with Gasteiger partial charge in [0.1, 0.15) is 0 Å². The SMILES string of the molecule is Cc1ccc(C)c(NC(=S)NNc2cccc([N+](=O)[O-])c2)c1. The van der Waals surface area contributed by atoms with Crippen LogP contribution in [0.4, 0.5) is 17.1 Å². The number of hydrazine groups is 1. The third-order valence-electron chi connectivity index (χ3n) is 3.02. The zero-order valence-electron chi connectivity index (χ0n) is 12.2. The van der Waals surface area contributed by atoms with Crippen molar-refractivity contribution in [2.75, 3.05) is 10.7 Å². The second-order valence-corrected chi connectivity index (χ2v) is 5.24. The summed E-state index contributed by atoms with van der Waals surface area (Å²) in [6, 6.07) is 12.2. The maximum absolute atomic E-state index is 10.7. The van der Waals surface area contributed by atoms with Gasteiger partial charge in [-0.05, 0) is 49.3 Å². The summed E-state index contributed by atoms with van der Waals surface area (Å²) in [5.41, 5.74) is 9.33. The van der Waals surface area contributed by atoms with E-state index in [1.165, 1.54) is 12.1 Å². The van der Waals surface area contributed by atoms with Gasteiger partial charge in [0.25, 0.3) is 5.69 Å². The first-order valence-electron chi connectivity index (χ1n) is 6.60. The predicted octanol–water partition coefficient (Wildman–Crippen LogP) is 3.53. The molecule has 0 saturated heterocycles. The van der Waals surface area contributed by atoms with Gasteiger partial charge < -0.3 is 5.32 Å². The van der Waals surface area contributed by atoms with Crippen LogP contribution in [-0.2, 0) is 0 Å². The summed E-state index contributed by atoms with van der Waals surface area (Å²) in [4.78, 5) is 10.3. The highest BCUT2D eigenvalue weighted by atomic mass is 32.1. The van der Waals surface area contributed by atoms with Crippen LogP contribution >= 0.6 is 12.2 Å². The van der Waals surface area contributed by atoms with Gasteiger partial charge in [-0.15, -0.1) is 0 Å². The van der Waals surface area contributed by atoms with Crippen molar-refractivity contribution in [3.05, 3.63) is 63.7 Å². The van der Waals surface area contributed by atoms with Crippen LogP contribution in [0, 0.1) is 24.0 Å². The smallest absolute Gasteiger partial charge is 0.271 e. The lowest BCUT2D eigenvalue weighted by Gasteiger charge is -2.14. The molecule has 22 heavy (non-hydrogen) atoms. The van der Waals surface area contributed by atoms with Crippen LogP contribution in [0.3, 0.4) is 0 Å². The number of nitrogens with zero attached hydrogens (tertiary/aromatic N) is 1. The highest BCUT2D eigenvalue weighted by molar-refractivity contribution is 7.80. The molecule has 0 aliphatic heterocycles. The number of hydrogen-bond acceptors (Lipinski definition) is 4. The summed E-state index contributed by atoms with van der Waals surface area (Å²) < 4.78 is 0. The van der Waals surface area contributed by atoms with E-state index in [-0.39, 0.29) is 5.69 Å². The van der Waals surface area contributed by atoms with Gasteiger partial charge in [-0.1, -0.05) is 18.2 Å². The molecule has 0 heterocycles. The minimum absolute atomic E-state index is 0.0141. The van der Waals surface area contributed by atoms with Gasteiger partial charge in [-0.3, -0.25) is 21.0 Å². The van der Waals surface area contributed by atoms with Crippen molar-refractivity contribution < 1.29 is 4.92 Å². The molecule has 0 aliphatic carbocycles. The first-order valence-corrected chi connectivity index (χ1v) is 7.01. The summed E-state index contributed by atoms with van der Waals surface area (Å²) in [6.45, 7) is 3.99. The van der Waals surface area contributed by atoms with Gasteiger partial charge in [0.05, 0.1) is 10.6 Å². The summed E-state index contributed by atoms with van der Waals surface area (Å²) in [5.74, 6) is 0.